The first-order valence-electron chi connectivity index (χ1n) is 9.10. The summed E-state index contributed by atoms with van der Waals surface area (Å²) in [5, 5.41) is 4.76. The molecule has 1 aliphatic heterocycles. The number of benzene rings is 1. The minimum absolute atomic E-state index is 0. The molecule has 1 aromatic carbocycles. The molecule has 1 aromatic heterocycles. The zero-order chi connectivity index (χ0) is 17.8. The van der Waals surface area contributed by atoms with Gasteiger partial charge in [-0.1, -0.05) is 25.1 Å². The van der Waals surface area contributed by atoms with E-state index in [2.05, 4.69) is 51.3 Å². The average Bonchev–Trinajstić information content (AvgIpc) is 2.62. The maximum atomic E-state index is 4.74. The predicted molar refractivity (Wildman–Crippen MR) is 122 cm³/mol. The number of nitrogens with zero attached hydrogens (tertiary/aromatic N) is 4. The number of fused-ring (bicyclic) bond motifs is 1. The molecule has 6 heteroatoms. The van der Waals surface area contributed by atoms with Crippen LogP contribution in [0.3, 0.4) is 0 Å². The van der Waals surface area contributed by atoms with Gasteiger partial charge in [0.05, 0.1) is 5.52 Å². The van der Waals surface area contributed by atoms with Crippen molar-refractivity contribution in [3.05, 3.63) is 35.9 Å². The van der Waals surface area contributed by atoms with Crippen LogP contribution in [0, 0.1) is 5.92 Å². The van der Waals surface area contributed by atoms with Crippen molar-refractivity contribution in [2.75, 3.05) is 39.1 Å². The molecule has 0 bridgehead atoms. The second kappa shape index (κ2) is 9.39. The molecule has 2 heterocycles. The average molecular weight is 467 g/mol. The van der Waals surface area contributed by atoms with Crippen LogP contribution in [-0.4, -0.2) is 50.1 Å². The van der Waals surface area contributed by atoms with E-state index in [1.54, 1.807) is 0 Å². The van der Waals surface area contributed by atoms with E-state index < -0.39 is 0 Å². The zero-order valence-electron chi connectivity index (χ0n) is 16.2. The lowest BCUT2D eigenvalue weighted by Crippen LogP contribution is -2.45. The molecular weight excluding hydrogens is 437 g/mol. The Kier molecular flexibility index (Phi) is 7.49. The number of para-hydroxylation sites is 1. The summed E-state index contributed by atoms with van der Waals surface area (Å²) in [4.78, 5) is 13.7. The van der Waals surface area contributed by atoms with Gasteiger partial charge in [0.2, 0.25) is 0 Å². The smallest absolute Gasteiger partial charge is 0.193 e. The first-order valence-corrected chi connectivity index (χ1v) is 9.10. The second-order valence-corrected chi connectivity index (χ2v) is 7.15. The van der Waals surface area contributed by atoms with E-state index in [1.165, 1.54) is 23.8 Å². The molecule has 1 saturated heterocycles. The summed E-state index contributed by atoms with van der Waals surface area (Å²) in [7, 11) is 5.93. The fraction of sp³-hybridized carbons (Fsp3) is 0.500. The topological polar surface area (TPSA) is 43.8 Å². The van der Waals surface area contributed by atoms with E-state index >= 15 is 0 Å². The monoisotopic (exact) mass is 467 g/mol. The molecule has 0 radical (unpaired) electrons. The third-order valence-corrected chi connectivity index (χ3v) is 4.85. The zero-order valence-corrected chi connectivity index (χ0v) is 18.5. The van der Waals surface area contributed by atoms with Gasteiger partial charge in [-0.15, -0.1) is 24.0 Å². The second-order valence-electron chi connectivity index (χ2n) is 7.15. The summed E-state index contributed by atoms with van der Waals surface area (Å²) in [6, 6.07) is 10.5. The summed E-state index contributed by atoms with van der Waals surface area (Å²) in [6.45, 7) is 5.24. The van der Waals surface area contributed by atoms with E-state index in [0.29, 0.717) is 0 Å². The molecule has 0 amide bonds. The van der Waals surface area contributed by atoms with Crippen molar-refractivity contribution in [3.8, 4) is 0 Å². The van der Waals surface area contributed by atoms with Gasteiger partial charge in [-0.25, -0.2) is 4.98 Å². The van der Waals surface area contributed by atoms with Crippen LogP contribution in [0.4, 0.5) is 5.82 Å². The standard InChI is InChI=1S/C20H29N5.HI/c1-15-8-7-11-25(14-15)20(21-2)22-13-16-12-19(24(3)4)23-18-10-6-5-9-17(16)18;/h5-6,9-10,12,15H,7-8,11,13-14H2,1-4H3,(H,21,22);1H. The highest BCUT2D eigenvalue weighted by Gasteiger charge is 2.19. The van der Waals surface area contributed by atoms with Gasteiger partial charge in [0, 0.05) is 46.2 Å². The van der Waals surface area contributed by atoms with E-state index in [9.17, 15) is 0 Å². The summed E-state index contributed by atoms with van der Waals surface area (Å²) >= 11 is 0. The molecule has 1 fully saturated rings. The van der Waals surface area contributed by atoms with Gasteiger partial charge in [0.25, 0.3) is 0 Å². The lowest BCUT2D eigenvalue weighted by atomic mass is 10.0. The minimum atomic E-state index is 0. The van der Waals surface area contributed by atoms with Gasteiger partial charge in [-0.2, -0.15) is 0 Å². The molecule has 0 saturated carbocycles. The van der Waals surface area contributed by atoms with Gasteiger partial charge < -0.3 is 15.1 Å². The van der Waals surface area contributed by atoms with Crippen LogP contribution in [0.25, 0.3) is 10.9 Å². The molecule has 2 aromatic rings. The van der Waals surface area contributed by atoms with Crippen LogP contribution in [-0.2, 0) is 6.54 Å². The lowest BCUT2D eigenvalue weighted by molar-refractivity contribution is 0.266. The minimum Gasteiger partial charge on any atom is -0.363 e. The first kappa shape index (κ1) is 20.7. The molecule has 142 valence electrons. The molecular formula is C20H30IN5. The Bertz CT molecular complexity index is 759. The lowest BCUT2D eigenvalue weighted by Gasteiger charge is -2.33. The van der Waals surface area contributed by atoms with Crippen LogP contribution in [0.1, 0.15) is 25.3 Å². The number of halogens is 1. The number of aromatic nitrogens is 1. The Morgan fingerprint density at radius 1 is 1.35 bits per heavy atom. The molecule has 0 aliphatic carbocycles. The SMILES string of the molecule is CN=C(NCc1cc(N(C)C)nc2ccccc12)N1CCCC(C)C1.I. The maximum Gasteiger partial charge on any atom is 0.193 e. The summed E-state index contributed by atoms with van der Waals surface area (Å²) in [5.41, 5.74) is 2.28. The first-order chi connectivity index (χ1) is 12.1. The van der Waals surface area contributed by atoms with Crippen molar-refractivity contribution in [1.82, 2.24) is 15.2 Å². The van der Waals surface area contributed by atoms with E-state index in [4.69, 9.17) is 4.98 Å². The number of guanidine groups is 1. The van der Waals surface area contributed by atoms with E-state index in [1.807, 2.05) is 27.2 Å². The van der Waals surface area contributed by atoms with Crippen LogP contribution in [0.15, 0.2) is 35.3 Å². The van der Waals surface area contributed by atoms with Gasteiger partial charge in [0.1, 0.15) is 5.82 Å². The summed E-state index contributed by atoms with van der Waals surface area (Å²) < 4.78 is 0. The molecule has 1 unspecified atom stereocenters. The van der Waals surface area contributed by atoms with Crippen LogP contribution < -0.4 is 10.2 Å². The number of likely N-dealkylation sites (tertiary alicyclic amines) is 1. The van der Waals surface area contributed by atoms with Gasteiger partial charge >= 0.3 is 0 Å². The highest BCUT2D eigenvalue weighted by atomic mass is 127. The number of anilines is 1. The molecule has 3 rings (SSSR count). The normalized spacial score (nSPS) is 17.8. The molecule has 0 spiro atoms. The van der Waals surface area contributed by atoms with Crippen LogP contribution in [0.5, 0.6) is 0 Å². The van der Waals surface area contributed by atoms with Crippen LogP contribution in [0.2, 0.25) is 0 Å². The van der Waals surface area contributed by atoms with Crippen LogP contribution >= 0.6 is 24.0 Å². The van der Waals surface area contributed by atoms with Gasteiger partial charge in [-0.3, -0.25) is 4.99 Å². The summed E-state index contributed by atoms with van der Waals surface area (Å²) in [6.07, 6.45) is 2.56. The molecule has 1 aliphatic rings. The molecule has 1 N–H and O–H groups in total. The fourth-order valence-corrected chi connectivity index (χ4v) is 3.50. The van der Waals surface area contributed by atoms with Crippen molar-refractivity contribution < 1.29 is 0 Å². The fourth-order valence-electron chi connectivity index (χ4n) is 3.50. The number of pyridine rings is 1. The van der Waals surface area contributed by atoms with Crippen molar-refractivity contribution in [1.29, 1.82) is 0 Å². The van der Waals surface area contributed by atoms with Gasteiger partial charge in [-0.05, 0) is 36.5 Å². The Hall–Kier alpha value is -1.57. The third-order valence-electron chi connectivity index (χ3n) is 4.85. The number of rotatable bonds is 3. The summed E-state index contributed by atoms with van der Waals surface area (Å²) in [5.74, 6) is 2.71. The van der Waals surface area contributed by atoms with E-state index in [-0.39, 0.29) is 24.0 Å². The Balaban J connectivity index is 0.00000243. The quantitative estimate of drug-likeness (QED) is 0.425. The highest BCUT2D eigenvalue weighted by molar-refractivity contribution is 14.0. The van der Waals surface area contributed by atoms with Crippen molar-refractivity contribution in [2.24, 2.45) is 10.9 Å². The Morgan fingerprint density at radius 3 is 2.81 bits per heavy atom. The maximum absolute atomic E-state index is 4.74. The number of nitrogens with one attached hydrogen (secondary N) is 1. The van der Waals surface area contributed by atoms with Crippen molar-refractivity contribution >= 4 is 46.7 Å². The number of hydrogen-bond acceptors (Lipinski definition) is 3. The molecule has 26 heavy (non-hydrogen) atoms. The third kappa shape index (κ3) is 4.78. The number of aliphatic imine (C=N–C) groups is 1. The van der Waals surface area contributed by atoms with Gasteiger partial charge in [0.15, 0.2) is 5.96 Å². The Morgan fingerprint density at radius 2 is 2.12 bits per heavy atom. The molecule has 1 atom stereocenters. The van der Waals surface area contributed by atoms with Crippen molar-refractivity contribution in [2.45, 2.75) is 26.3 Å². The number of hydrogen-bond donors (Lipinski definition) is 1. The molecule has 5 nitrogen and oxygen atoms in total. The largest absolute Gasteiger partial charge is 0.363 e. The number of piperidine rings is 1. The Labute approximate surface area is 173 Å². The van der Waals surface area contributed by atoms with E-state index in [0.717, 1.165) is 42.8 Å². The van der Waals surface area contributed by atoms with Crippen molar-refractivity contribution in [3.63, 3.8) is 0 Å². The predicted octanol–water partition coefficient (Wildman–Crippen LogP) is 3.73. The highest BCUT2D eigenvalue weighted by Crippen LogP contribution is 2.22.